The van der Waals surface area contributed by atoms with E-state index >= 15 is 0 Å². The Morgan fingerprint density at radius 1 is 0.920 bits per heavy atom. The van der Waals surface area contributed by atoms with Crippen LogP contribution in [0, 0.1) is 0 Å². The normalized spacial score (nSPS) is 16.1. The van der Waals surface area contributed by atoms with Gasteiger partial charge in [-0.3, -0.25) is 0 Å². The number of halogens is 2. The molecule has 2 aromatic rings. The highest BCUT2D eigenvalue weighted by atomic mass is 35.5. The molecule has 5 nitrogen and oxygen atoms in total. The van der Waals surface area contributed by atoms with Crippen molar-refractivity contribution in [3.05, 3.63) is 64.1 Å². The van der Waals surface area contributed by atoms with Gasteiger partial charge < -0.3 is 9.64 Å². The summed E-state index contributed by atoms with van der Waals surface area (Å²) in [6.45, 7) is 2.18. The van der Waals surface area contributed by atoms with E-state index in [4.69, 9.17) is 27.9 Å². The van der Waals surface area contributed by atoms with Crippen molar-refractivity contribution in [3.8, 4) is 0 Å². The molecule has 0 amide bonds. The van der Waals surface area contributed by atoms with Gasteiger partial charge in [-0.2, -0.15) is 8.42 Å². The molecule has 1 aliphatic heterocycles. The number of ether oxygens (including phenoxy) is 1. The number of nitrogens with zero attached hydrogens (tertiary/aromatic N) is 2. The van der Waals surface area contributed by atoms with Crippen molar-refractivity contribution in [2.75, 3.05) is 26.3 Å². The summed E-state index contributed by atoms with van der Waals surface area (Å²) in [5, 5.41) is 1.04. The maximum Gasteiger partial charge on any atom is 0.284 e. The number of hydrogen-bond donors (Lipinski definition) is 0. The predicted octanol–water partition coefficient (Wildman–Crippen LogP) is 3.46. The molecule has 1 heterocycles. The zero-order chi connectivity index (χ0) is 17.9. The molecule has 25 heavy (non-hydrogen) atoms. The molecular weight excluding hydrogens is 383 g/mol. The van der Waals surface area contributed by atoms with Gasteiger partial charge in [-0.25, -0.2) is 0 Å². The Bertz CT molecular complexity index is 860. The van der Waals surface area contributed by atoms with Gasteiger partial charge in [0.1, 0.15) is 5.84 Å². The minimum Gasteiger partial charge on any atom is -0.378 e. The summed E-state index contributed by atoms with van der Waals surface area (Å²) in [6, 6.07) is 12.9. The Kier molecular flexibility index (Phi) is 5.64. The van der Waals surface area contributed by atoms with E-state index in [0.29, 0.717) is 47.7 Å². The van der Waals surface area contributed by atoms with Crippen LogP contribution in [0.1, 0.15) is 5.56 Å². The smallest absolute Gasteiger partial charge is 0.284 e. The van der Waals surface area contributed by atoms with Gasteiger partial charge in [0.15, 0.2) is 0 Å². The highest BCUT2D eigenvalue weighted by Gasteiger charge is 2.21. The van der Waals surface area contributed by atoms with Crippen molar-refractivity contribution >= 4 is 39.1 Å². The van der Waals surface area contributed by atoms with Crippen LogP contribution in [0.25, 0.3) is 0 Å². The Labute approximate surface area is 156 Å². The predicted molar refractivity (Wildman–Crippen MR) is 99.0 cm³/mol. The number of sulfonamides is 1. The largest absolute Gasteiger partial charge is 0.378 e. The van der Waals surface area contributed by atoms with Gasteiger partial charge in [-0.05, 0) is 48.5 Å². The van der Waals surface area contributed by atoms with Crippen LogP contribution in [0.4, 0.5) is 0 Å². The fourth-order valence-electron chi connectivity index (χ4n) is 2.44. The van der Waals surface area contributed by atoms with E-state index in [1.807, 2.05) is 4.90 Å². The molecule has 0 saturated carbocycles. The molecule has 0 aromatic heterocycles. The van der Waals surface area contributed by atoms with Gasteiger partial charge in [0, 0.05) is 28.7 Å². The number of hydrogen-bond acceptors (Lipinski definition) is 3. The molecule has 0 spiro atoms. The highest BCUT2D eigenvalue weighted by molar-refractivity contribution is 7.90. The van der Waals surface area contributed by atoms with Crippen molar-refractivity contribution in [1.82, 2.24) is 4.90 Å². The lowest BCUT2D eigenvalue weighted by molar-refractivity contribution is 0.0683. The molecule has 1 aliphatic rings. The molecule has 0 atom stereocenters. The summed E-state index contributed by atoms with van der Waals surface area (Å²) < 4.78 is 34.9. The number of morpholine rings is 1. The monoisotopic (exact) mass is 398 g/mol. The van der Waals surface area contributed by atoms with Crippen molar-refractivity contribution in [2.45, 2.75) is 4.90 Å². The second-order valence-corrected chi connectivity index (χ2v) is 7.93. The first-order valence-corrected chi connectivity index (χ1v) is 9.84. The van der Waals surface area contributed by atoms with Crippen LogP contribution >= 0.6 is 23.2 Å². The van der Waals surface area contributed by atoms with Crippen LogP contribution in [0.2, 0.25) is 10.0 Å². The van der Waals surface area contributed by atoms with E-state index in [0.717, 1.165) is 0 Å². The lowest BCUT2D eigenvalue weighted by Crippen LogP contribution is -2.41. The number of rotatable bonds is 3. The fraction of sp³-hybridized carbons (Fsp3) is 0.235. The van der Waals surface area contributed by atoms with E-state index in [-0.39, 0.29) is 4.90 Å². The molecule has 2 aromatic carbocycles. The van der Waals surface area contributed by atoms with Crippen LogP contribution in [-0.2, 0) is 14.8 Å². The van der Waals surface area contributed by atoms with Crippen molar-refractivity contribution in [1.29, 1.82) is 0 Å². The molecule has 0 unspecified atom stereocenters. The third kappa shape index (κ3) is 4.52. The van der Waals surface area contributed by atoms with Gasteiger partial charge in [-0.15, -0.1) is 4.40 Å². The second kappa shape index (κ2) is 7.74. The van der Waals surface area contributed by atoms with Crippen molar-refractivity contribution in [2.24, 2.45) is 4.40 Å². The molecule has 1 saturated heterocycles. The first-order chi connectivity index (χ1) is 12.0. The standard InChI is InChI=1S/C17H16Cl2N2O3S/c18-14-3-1-13(2-4-14)17(21-9-11-24-12-10-21)20-25(22,23)16-7-5-15(19)6-8-16/h1-8H,9-12H2. The van der Waals surface area contributed by atoms with Crippen LogP contribution in [0.15, 0.2) is 57.8 Å². The minimum atomic E-state index is -3.87. The van der Waals surface area contributed by atoms with Crippen LogP contribution in [0.3, 0.4) is 0 Å². The third-order valence-corrected chi connectivity index (χ3v) is 5.52. The van der Waals surface area contributed by atoms with Gasteiger partial charge in [-0.1, -0.05) is 23.2 Å². The van der Waals surface area contributed by atoms with E-state index in [9.17, 15) is 8.42 Å². The molecule has 0 bridgehead atoms. The first-order valence-electron chi connectivity index (χ1n) is 7.65. The summed E-state index contributed by atoms with van der Waals surface area (Å²) >= 11 is 11.8. The van der Waals surface area contributed by atoms with Gasteiger partial charge in [0.05, 0.1) is 18.1 Å². The quantitative estimate of drug-likeness (QED) is 0.586. The van der Waals surface area contributed by atoms with Gasteiger partial charge >= 0.3 is 0 Å². The molecule has 132 valence electrons. The summed E-state index contributed by atoms with van der Waals surface area (Å²) in [7, 11) is -3.87. The summed E-state index contributed by atoms with van der Waals surface area (Å²) in [6.07, 6.45) is 0. The molecule has 0 aliphatic carbocycles. The fourth-order valence-corrected chi connectivity index (χ4v) is 3.73. The van der Waals surface area contributed by atoms with Crippen LogP contribution < -0.4 is 0 Å². The Balaban J connectivity index is 2.04. The second-order valence-electron chi connectivity index (χ2n) is 5.45. The maximum absolute atomic E-state index is 12.7. The van der Waals surface area contributed by atoms with Gasteiger partial charge in [0.2, 0.25) is 0 Å². The lowest BCUT2D eigenvalue weighted by Gasteiger charge is -2.29. The van der Waals surface area contributed by atoms with E-state index < -0.39 is 10.0 Å². The molecule has 0 radical (unpaired) electrons. The summed E-state index contributed by atoms with van der Waals surface area (Å²) in [4.78, 5) is 2.00. The SMILES string of the molecule is O=S(=O)(N=C(c1ccc(Cl)cc1)N1CCOCC1)c1ccc(Cl)cc1. The number of benzene rings is 2. The van der Waals surface area contributed by atoms with E-state index in [1.165, 1.54) is 24.3 Å². The van der Waals surface area contributed by atoms with Crippen molar-refractivity contribution in [3.63, 3.8) is 0 Å². The zero-order valence-electron chi connectivity index (χ0n) is 13.2. The Morgan fingerprint density at radius 3 is 2.00 bits per heavy atom. The summed E-state index contributed by atoms with van der Waals surface area (Å²) in [5.41, 5.74) is 0.684. The topological polar surface area (TPSA) is 59.0 Å². The van der Waals surface area contributed by atoms with E-state index in [1.54, 1.807) is 24.3 Å². The van der Waals surface area contributed by atoms with Crippen LogP contribution in [-0.4, -0.2) is 45.5 Å². The molecule has 0 N–H and O–H groups in total. The zero-order valence-corrected chi connectivity index (χ0v) is 15.6. The third-order valence-electron chi connectivity index (χ3n) is 3.73. The lowest BCUT2D eigenvalue weighted by atomic mass is 10.2. The first kappa shape index (κ1) is 18.2. The highest BCUT2D eigenvalue weighted by Crippen LogP contribution is 2.19. The molecule has 8 heteroatoms. The Morgan fingerprint density at radius 2 is 1.44 bits per heavy atom. The average Bonchev–Trinajstić information content (AvgIpc) is 2.62. The Hall–Kier alpha value is -1.60. The molecule has 1 fully saturated rings. The van der Waals surface area contributed by atoms with Crippen molar-refractivity contribution < 1.29 is 13.2 Å². The maximum atomic E-state index is 12.7. The number of amidine groups is 1. The molecular formula is C17H16Cl2N2O3S. The summed E-state index contributed by atoms with van der Waals surface area (Å²) in [5.74, 6) is 0.384. The molecule has 3 rings (SSSR count). The van der Waals surface area contributed by atoms with E-state index in [2.05, 4.69) is 4.40 Å². The van der Waals surface area contributed by atoms with Crippen LogP contribution in [0.5, 0.6) is 0 Å². The van der Waals surface area contributed by atoms with Gasteiger partial charge in [0.25, 0.3) is 10.0 Å². The minimum absolute atomic E-state index is 0.0941. The average molecular weight is 399 g/mol.